The van der Waals surface area contributed by atoms with Gasteiger partial charge in [-0.25, -0.2) is 0 Å². The predicted molar refractivity (Wildman–Crippen MR) is 60.9 cm³/mol. The molecule has 0 aliphatic heterocycles. The maximum absolute atomic E-state index is 3.78. The lowest BCUT2D eigenvalue weighted by Crippen LogP contribution is -2.24. The minimum absolute atomic E-state index is 0.346. The van der Waals surface area contributed by atoms with Gasteiger partial charge in [-0.05, 0) is 25.1 Å². The minimum atomic E-state index is 0.346. The van der Waals surface area contributed by atoms with Crippen molar-refractivity contribution in [2.45, 2.75) is 12.5 Å². The highest BCUT2D eigenvalue weighted by atomic mass is 79.9. The second-order valence-corrected chi connectivity index (χ2v) is 3.78. The van der Waals surface area contributed by atoms with E-state index in [9.17, 15) is 0 Å². The van der Waals surface area contributed by atoms with Crippen LogP contribution in [-0.2, 0) is 6.42 Å². The molecule has 0 saturated carbocycles. The number of benzene rings is 1. The summed E-state index contributed by atoms with van der Waals surface area (Å²) in [5.74, 6) is 0. The van der Waals surface area contributed by atoms with Gasteiger partial charge in [0.25, 0.3) is 0 Å². The fourth-order valence-corrected chi connectivity index (χ4v) is 1.65. The molecule has 1 nitrogen and oxygen atoms in total. The van der Waals surface area contributed by atoms with E-state index in [2.05, 4.69) is 46.0 Å². The van der Waals surface area contributed by atoms with Gasteiger partial charge in [-0.15, -0.1) is 6.58 Å². The molecule has 0 aromatic heterocycles. The molecule has 0 fully saturated rings. The van der Waals surface area contributed by atoms with E-state index in [4.69, 9.17) is 0 Å². The maximum Gasteiger partial charge on any atom is 0.0285 e. The van der Waals surface area contributed by atoms with Crippen LogP contribution in [0.15, 0.2) is 41.4 Å². The normalized spacial score (nSPS) is 12.5. The van der Waals surface area contributed by atoms with Gasteiger partial charge < -0.3 is 5.32 Å². The van der Waals surface area contributed by atoms with Gasteiger partial charge in [0, 0.05) is 10.5 Å². The summed E-state index contributed by atoms with van der Waals surface area (Å²) >= 11 is 3.52. The summed E-state index contributed by atoms with van der Waals surface area (Å²) in [5, 5.41) is 3.19. The molecule has 2 heteroatoms. The smallest absolute Gasteiger partial charge is 0.0285 e. The Kier molecular flexibility index (Phi) is 4.19. The molecule has 1 aromatic rings. The molecule has 0 heterocycles. The first-order valence-corrected chi connectivity index (χ1v) is 5.10. The summed E-state index contributed by atoms with van der Waals surface area (Å²) in [4.78, 5) is 0. The van der Waals surface area contributed by atoms with E-state index < -0.39 is 0 Å². The van der Waals surface area contributed by atoms with Crippen LogP contribution in [0.4, 0.5) is 0 Å². The van der Waals surface area contributed by atoms with Crippen LogP contribution in [0.25, 0.3) is 0 Å². The highest BCUT2D eigenvalue weighted by Gasteiger charge is 2.04. The van der Waals surface area contributed by atoms with Crippen LogP contribution in [0.1, 0.15) is 5.56 Å². The van der Waals surface area contributed by atoms with Gasteiger partial charge in [0.15, 0.2) is 0 Å². The van der Waals surface area contributed by atoms with Gasteiger partial charge >= 0.3 is 0 Å². The Hall–Kier alpha value is -0.600. The van der Waals surface area contributed by atoms with E-state index in [0.717, 1.165) is 10.9 Å². The third-order valence-electron chi connectivity index (χ3n) is 2.05. The van der Waals surface area contributed by atoms with Crippen molar-refractivity contribution in [2.75, 3.05) is 7.05 Å². The minimum Gasteiger partial charge on any atom is -0.313 e. The van der Waals surface area contributed by atoms with Crippen molar-refractivity contribution in [1.29, 1.82) is 0 Å². The van der Waals surface area contributed by atoms with Gasteiger partial charge in [-0.3, -0.25) is 0 Å². The van der Waals surface area contributed by atoms with Crippen LogP contribution in [0.5, 0.6) is 0 Å². The Bertz CT molecular complexity index is 283. The zero-order valence-electron chi connectivity index (χ0n) is 7.76. The summed E-state index contributed by atoms with van der Waals surface area (Å²) in [7, 11) is 1.95. The fourth-order valence-electron chi connectivity index (χ4n) is 1.20. The summed E-state index contributed by atoms with van der Waals surface area (Å²) in [5.41, 5.74) is 1.31. The van der Waals surface area contributed by atoms with Crippen LogP contribution in [0.2, 0.25) is 0 Å². The van der Waals surface area contributed by atoms with E-state index in [0.29, 0.717) is 6.04 Å². The first-order chi connectivity index (χ1) is 6.27. The summed E-state index contributed by atoms with van der Waals surface area (Å²) < 4.78 is 1.16. The van der Waals surface area contributed by atoms with Crippen molar-refractivity contribution in [3.8, 4) is 0 Å². The molecule has 1 rings (SSSR count). The van der Waals surface area contributed by atoms with Crippen molar-refractivity contribution in [3.63, 3.8) is 0 Å². The average Bonchev–Trinajstić information content (AvgIpc) is 2.17. The van der Waals surface area contributed by atoms with Crippen molar-refractivity contribution < 1.29 is 0 Å². The number of nitrogens with one attached hydrogen (secondary N) is 1. The summed E-state index contributed by atoms with van der Waals surface area (Å²) in [6.07, 6.45) is 2.90. The molecule has 0 aliphatic carbocycles. The number of hydrogen-bond donors (Lipinski definition) is 1. The highest BCUT2D eigenvalue weighted by Crippen LogP contribution is 2.17. The monoisotopic (exact) mass is 239 g/mol. The standard InChI is InChI=1S/C11H14BrN/c1-3-10(13-2)8-9-6-4-5-7-11(9)12/h3-7,10,13H,1,8H2,2H3. The van der Waals surface area contributed by atoms with Crippen LogP contribution in [0, 0.1) is 0 Å². The molecular formula is C11H14BrN. The zero-order valence-corrected chi connectivity index (χ0v) is 9.34. The second kappa shape index (κ2) is 5.20. The average molecular weight is 240 g/mol. The summed E-state index contributed by atoms with van der Waals surface area (Å²) in [6, 6.07) is 8.60. The molecule has 0 aliphatic rings. The lowest BCUT2D eigenvalue weighted by Gasteiger charge is -2.11. The molecule has 0 radical (unpaired) electrons. The Balaban J connectivity index is 2.73. The van der Waals surface area contributed by atoms with Gasteiger partial charge in [-0.1, -0.05) is 40.2 Å². The third kappa shape index (κ3) is 2.98. The Labute approximate surface area is 88.0 Å². The molecule has 0 bridgehead atoms. The Morgan fingerprint density at radius 2 is 2.23 bits per heavy atom. The number of likely N-dealkylation sites (N-methyl/N-ethyl adjacent to an activating group) is 1. The highest BCUT2D eigenvalue weighted by molar-refractivity contribution is 9.10. The molecule has 1 aromatic carbocycles. The van der Waals surface area contributed by atoms with Crippen LogP contribution >= 0.6 is 15.9 Å². The molecular weight excluding hydrogens is 226 g/mol. The summed E-state index contributed by atoms with van der Waals surface area (Å²) in [6.45, 7) is 3.78. The second-order valence-electron chi connectivity index (χ2n) is 2.93. The molecule has 1 atom stereocenters. The lowest BCUT2D eigenvalue weighted by atomic mass is 10.1. The lowest BCUT2D eigenvalue weighted by molar-refractivity contribution is 0.664. The predicted octanol–water partition coefficient (Wildman–Crippen LogP) is 2.77. The van der Waals surface area contributed by atoms with E-state index in [1.165, 1.54) is 5.56 Å². The quantitative estimate of drug-likeness (QED) is 0.798. The zero-order chi connectivity index (χ0) is 9.68. The molecule has 0 spiro atoms. The number of halogens is 1. The third-order valence-corrected chi connectivity index (χ3v) is 2.83. The van der Waals surface area contributed by atoms with Crippen molar-refractivity contribution >= 4 is 15.9 Å². The van der Waals surface area contributed by atoms with E-state index in [1.807, 2.05) is 19.2 Å². The van der Waals surface area contributed by atoms with Crippen molar-refractivity contribution in [1.82, 2.24) is 5.32 Å². The van der Waals surface area contributed by atoms with Crippen LogP contribution in [-0.4, -0.2) is 13.1 Å². The van der Waals surface area contributed by atoms with Crippen molar-refractivity contribution in [3.05, 3.63) is 47.0 Å². The first kappa shape index (κ1) is 10.5. The molecule has 1 unspecified atom stereocenters. The van der Waals surface area contributed by atoms with E-state index in [-0.39, 0.29) is 0 Å². The van der Waals surface area contributed by atoms with Gasteiger partial charge in [-0.2, -0.15) is 0 Å². The molecule has 1 N–H and O–H groups in total. The van der Waals surface area contributed by atoms with Gasteiger partial charge in [0.2, 0.25) is 0 Å². The SMILES string of the molecule is C=CC(Cc1ccccc1Br)NC. The molecule has 0 saturated heterocycles. The fraction of sp³-hybridized carbons (Fsp3) is 0.273. The van der Waals surface area contributed by atoms with E-state index >= 15 is 0 Å². The molecule has 0 amide bonds. The maximum atomic E-state index is 3.78. The molecule has 70 valence electrons. The van der Waals surface area contributed by atoms with Crippen LogP contribution < -0.4 is 5.32 Å². The number of hydrogen-bond acceptors (Lipinski definition) is 1. The van der Waals surface area contributed by atoms with Gasteiger partial charge in [0.1, 0.15) is 0 Å². The van der Waals surface area contributed by atoms with Crippen molar-refractivity contribution in [2.24, 2.45) is 0 Å². The van der Waals surface area contributed by atoms with Crippen LogP contribution in [0.3, 0.4) is 0 Å². The largest absolute Gasteiger partial charge is 0.313 e. The Morgan fingerprint density at radius 1 is 1.54 bits per heavy atom. The number of rotatable bonds is 4. The Morgan fingerprint density at radius 3 is 2.77 bits per heavy atom. The van der Waals surface area contributed by atoms with E-state index in [1.54, 1.807) is 0 Å². The topological polar surface area (TPSA) is 12.0 Å². The van der Waals surface area contributed by atoms with Gasteiger partial charge in [0.05, 0.1) is 0 Å². The molecule has 13 heavy (non-hydrogen) atoms. The first-order valence-electron chi connectivity index (χ1n) is 4.31.